The summed E-state index contributed by atoms with van der Waals surface area (Å²) < 4.78 is 10.5. The standard InChI is InChI=1S/C18H16O4/c1-21-18-15(16(19)13-10-6-3-7-11-13)14(17(20)22-18)12-8-4-2-5-9-12/h2-11,16,18-19H,1H3/t16?,18-/m1/s1. The molecule has 22 heavy (non-hydrogen) atoms. The molecule has 1 heterocycles. The average molecular weight is 296 g/mol. The summed E-state index contributed by atoms with van der Waals surface area (Å²) in [6.07, 6.45) is -1.84. The molecule has 0 aromatic heterocycles. The molecule has 4 heteroatoms. The Labute approximate surface area is 128 Å². The van der Waals surface area contributed by atoms with Crippen LogP contribution in [-0.4, -0.2) is 24.5 Å². The van der Waals surface area contributed by atoms with E-state index in [4.69, 9.17) is 9.47 Å². The van der Waals surface area contributed by atoms with Crippen molar-refractivity contribution < 1.29 is 19.4 Å². The Morgan fingerprint density at radius 1 is 1.05 bits per heavy atom. The number of esters is 1. The van der Waals surface area contributed by atoms with Gasteiger partial charge in [0, 0.05) is 12.7 Å². The molecule has 2 atom stereocenters. The van der Waals surface area contributed by atoms with Crippen molar-refractivity contribution in [2.75, 3.05) is 7.11 Å². The number of rotatable bonds is 4. The number of hydrogen-bond donors (Lipinski definition) is 1. The van der Waals surface area contributed by atoms with Gasteiger partial charge in [-0.15, -0.1) is 0 Å². The third-order valence-corrected chi connectivity index (χ3v) is 3.65. The van der Waals surface area contributed by atoms with Crippen LogP contribution in [0.5, 0.6) is 0 Å². The first-order valence-electron chi connectivity index (χ1n) is 6.98. The lowest BCUT2D eigenvalue weighted by Crippen LogP contribution is -2.18. The molecule has 112 valence electrons. The third kappa shape index (κ3) is 2.54. The molecule has 1 aliphatic heterocycles. The second-order valence-electron chi connectivity index (χ2n) is 4.98. The van der Waals surface area contributed by atoms with Crippen LogP contribution in [0.1, 0.15) is 17.2 Å². The van der Waals surface area contributed by atoms with Gasteiger partial charge in [-0.05, 0) is 11.1 Å². The maximum absolute atomic E-state index is 12.2. The summed E-state index contributed by atoms with van der Waals surface area (Å²) in [6.45, 7) is 0. The second kappa shape index (κ2) is 6.13. The van der Waals surface area contributed by atoms with Crippen LogP contribution in [-0.2, 0) is 14.3 Å². The van der Waals surface area contributed by atoms with Crippen LogP contribution >= 0.6 is 0 Å². The van der Waals surface area contributed by atoms with E-state index in [-0.39, 0.29) is 0 Å². The first-order chi connectivity index (χ1) is 10.7. The third-order valence-electron chi connectivity index (χ3n) is 3.65. The lowest BCUT2D eigenvalue weighted by molar-refractivity contribution is -0.155. The van der Waals surface area contributed by atoms with E-state index in [1.807, 2.05) is 48.5 Å². The van der Waals surface area contributed by atoms with Crippen LogP contribution in [0.4, 0.5) is 0 Å². The molecule has 0 saturated heterocycles. The molecule has 2 aromatic rings. The van der Waals surface area contributed by atoms with Gasteiger partial charge in [-0.2, -0.15) is 0 Å². The zero-order valence-electron chi connectivity index (χ0n) is 12.1. The van der Waals surface area contributed by atoms with E-state index in [0.29, 0.717) is 22.3 Å². The van der Waals surface area contributed by atoms with Crippen molar-refractivity contribution in [3.63, 3.8) is 0 Å². The fourth-order valence-corrected chi connectivity index (χ4v) is 2.60. The highest BCUT2D eigenvalue weighted by atomic mass is 16.7. The smallest absolute Gasteiger partial charge is 0.341 e. The van der Waals surface area contributed by atoms with E-state index in [0.717, 1.165) is 0 Å². The van der Waals surface area contributed by atoms with Crippen LogP contribution < -0.4 is 0 Å². The molecule has 1 N–H and O–H groups in total. The maximum atomic E-state index is 12.2. The first kappa shape index (κ1) is 14.5. The highest BCUT2D eigenvalue weighted by Gasteiger charge is 2.39. The Balaban J connectivity index is 2.13. The lowest BCUT2D eigenvalue weighted by atomic mass is 9.94. The van der Waals surface area contributed by atoms with Crippen molar-refractivity contribution in [1.82, 2.24) is 0 Å². The highest BCUT2D eigenvalue weighted by molar-refractivity contribution is 6.19. The minimum Gasteiger partial charge on any atom is -0.428 e. The van der Waals surface area contributed by atoms with Crippen LogP contribution in [0, 0.1) is 0 Å². The molecule has 3 rings (SSSR count). The van der Waals surface area contributed by atoms with E-state index < -0.39 is 18.4 Å². The summed E-state index contributed by atoms with van der Waals surface area (Å²) >= 11 is 0. The molecule has 0 bridgehead atoms. The van der Waals surface area contributed by atoms with Gasteiger partial charge in [0.2, 0.25) is 6.29 Å². The van der Waals surface area contributed by atoms with Crippen LogP contribution in [0.15, 0.2) is 66.2 Å². The predicted molar refractivity (Wildman–Crippen MR) is 81.7 cm³/mol. The Bertz CT molecular complexity index is 692. The van der Waals surface area contributed by atoms with Crippen LogP contribution in [0.2, 0.25) is 0 Å². The SMILES string of the molecule is CO[C@@H]1OC(=O)C(c2ccccc2)=C1C(O)c1ccccc1. The van der Waals surface area contributed by atoms with Crippen molar-refractivity contribution in [1.29, 1.82) is 0 Å². The fourth-order valence-electron chi connectivity index (χ4n) is 2.60. The van der Waals surface area contributed by atoms with Crippen molar-refractivity contribution >= 4 is 11.5 Å². The molecule has 0 amide bonds. The summed E-state index contributed by atoms with van der Waals surface area (Å²) in [5.74, 6) is -0.483. The number of methoxy groups -OCH3 is 1. The monoisotopic (exact) mass is 296 g/mol. The largest absolute Gasteiger partial charge is 0.428 e. The molecule has 1 aliphatic rings. The molecule has 0 radical (unpaired) electrons. The molecule has 0 spiro atoms. The fraction of sp³-hybridized carbons (Fsp3) is 0.167. The Morgan fingerprint density at radius 2 is 1.64 bits per heavy atom. The van der Waals surface area contributed by atoms with E-state index in [2.05, 4.69) is 0 Å². The van der Waals surface area contributed by atoms with E-state index in [9.17, 15) is 9.90 Å². The van der Waals surface area contributed by atoms with Gasteiger partial charge in [0.05, 0.1) is 5.57 Å². The van der Waals surface area contributed by atoms with Crippen molar-refractivity contribution in [3.8, 4) is 0 Å². The van der Waals surface area contributed by atoms with Crippen molar-refractivity contribution in [2.24, 2.45) is 0 Å². The quantitative estimate of drug-likeness (QED) is 0.881. The summed E-state index contributed by atoms with van der Waals surface area (Å²) in [6, 6.07) is 18.3. The average Bonchev–Trinajstić information content (AvgIpc) is 2.92. The summed E-state index contributed by atoms with van der Waals surface area (Å²) in [7, 11) is 1.45. The van der Waals surface area contributed by atoms with Gasteiger partial charge in [-0.3, -0.25) is 0 Å². The molecular weight excluding hydrogens is 280 g/mol. The Kier molecular flexibility index (Phi) is 4.04. The summed E-state index contributed by atoms with van der Waals surface area (Å²) in [5.41, 5.74) is 2.19. The van der Waals surface area contributed by atoms with E-state index >= 15 is 0 Å². The number of ether oxygens (including phenoxy) is 2. The van der Waals surface area contributed by atoms with Gasteiger partial charge in [0.15, 0.2) is 0 Å². The number of carbonyl (C=O) groups is 1. The number of hydrogen-bond acceptors (Lipinski definition) is 4. The number of aliphatic hydroxyl groups is 1. The minimum atomic E-state index is -0.965. The van der Waals surface area contributed by atoms with E-state index in [1.54, 1.807) is 12.1 Å². The van der Waals surface area contributed by atoms with Gasteiger partial charge in [-0.1, -0.05) is 60.7 Å². The molecule has 4 nitrogen and oxygen atoms in total. The second-order valence-corrected chi connectivity index (χ2v) is 4.98. The lowest BCUT2D eigenvalue weighted by Gasteiger charge is -2.18. The van der Waals surface area contributed by atoms with Crippen molar-refractivity contribution in [2.45, 2.75) is 12.4 Å². The highest BCUT2D eigenvalue weighted by Crippen LogP contribution is 2.38. The van der Waals surface area contributed by atoms with Crippen LogP contribution in [0.3, 0.4) is 0 Å². The van der Waals surface area contributed by atoms with E-state index in [1.165, 1.54) is 7.11 Å². The predicted octanol–water partition coefficient (Wildman–Crippen LogP) is 2.70. The molecular formula is C18H16O4. The maximum Gasteiger partial charge on any atom is 0.341 e. The number of carbonyl (C=O) groups excluding carboxylic acids is 1. The van der Waals surface area contributed by atoms with Crippen molar-refractivity contribution in [3.05, 3.63) is 77.4 Å². The van der Waals surface area contributed by atoms with Gasteiger partial charge in [0.1, 0.15) is 6.10 Å². The molecule has 1 unspecified atom stereocenters. The van der Waals surface area contributed by atoms with Crippen LogP contribution in [0.25, 0.3) is 5.57 Å². The number of cyclic esters (lactones) is 1. The molecule has 2 aromatic carbocycles. The topological polar surface area (TPSA) is 55.8 Å². The zero-order valence-corrected chi connectivity index (χ0v) is 12.1. The minimum absolute atomic E-state index is 0.365. The molecule has 0 aliphatic carbocycles. The summed E-state index contributed by atoms with van der Waals surface area (Å²) in [5, 5.41) is 10.7. The zero-order chi connectivity index (χ0) is 15.5. The summed E-state index contributed by atoms with van der Waals surface area (Å²) in [4.78, 5) is 12.2. The number of aliphatic hydroxyl groups excluding tert-OH is 1. The Hall–Kier alpha value is -2.43. The normalized spacial score (nSPS) is 19.2. The first-order valence-corrected chi connectivity index (χ1v) is 6.98. The van der Waals surface area contributed by atoms with Gasteiger partial charge in [0.25, 0.3) is 0 Å². The van der Waals surface area contributed by atoms with Gasteiger partial charge in [-0.25, -0.2) is 4.79 Å². The Morgan fingerprint density at radius 3 is 2.23 bits per heavy atom. The van der Waals surface area contributed by atoms with Gasteiger partial charge >= 0.3 is 5.97 Å². The van der Waals surface area contributed by atoms with Gasteiger partial charge < -0.3 is 14.6 Å². The number of benzene rings is 2. The molecule has 0 saturated carbocycles. The molecule has 0 fully saturated rings.